The summed E-state index contributed by atoms with van der Waals surface area (Å²) in [5, 5.41) is 2.93. The average molecular weight is 532 g/mol. The van der Waals surface area contributed by atoms with Crippen LogP contribution in [0.25, 0.3) is 0 Å². The summed E-state index contributed by atoms with van der Waals surface area (Å²) in [5.41, 5.74) is 0.207. The highest BCUT2D eigenvalue weighted by Crippen LogP contribution is 2.32. The molecular weight excluding hydrogens is 510 g/mol. The van der Waals surface area contributed by atoms with Crippen molar-refractivity contribution in [2.24, 2.45) is 12.0 Å². The lowest BCUT2D eigenvalue weighted by Gasteiger charge is -2.22. The van der Waals surface area contributed by atoms with Crippen LogP contribution in [-0.2, 0) is 19.8 Å². The molecule has 0 unspecified atom stereocenters. The van der Waals surface area contributed by atoms with E-state index in [2.05, 4.69) is 15.3 Å². The Labute approximate surface area is 183 Å². The first-order valence-electron chi connectivity index (χ1n) is 8.10. The molecule has 0 aliphatic heterocycles. The minimum absolute atomic E-state index is 0. The highest BCUT2D eigenvalue weighted by molar-refractivity contribution is 14.0. The quantitative estimate of drug-likeness (QED) is 0.267. The zero-order valence-corrected chi connectivity index (χ0v) is 18.7. The molecule has 0 amide bonds. The Hall–Kier alpha value is -1.69. The van der Waals surface area contributed by atoms with Gasteiger partial charge in [-0.2, -0.15) is 13.2 Å². The summed E-state index contributed by atoms with van der Waals surface area (Å²) in [7, 11) is 5.53. The molecule has 2 rings (SSSR count). The number of nitrogens with one attached hydrogen (secondary N) is 1. The molecule has 1 N–H and O–H groups in total. The SMILES string of the molecule is CN=C(NCCOc1ncc(C(F)(F)F)cc1Cl)N(C)Cc1cccn1C.I. The van der Waals surface area contributed by atoms with E-state index in [1.54, 1.807) is 7.05 Å². The van der Waals surface area contributed by atoms with Crippen molar-refractivity contribution in [1.82, 2.24) is 19.8 Å². The van der Waals surface area contributed by atoms with E-state index in [-0.39, 0.29) is 41.5 Å². The van der Waals surface area contributed by atoms with Gasteiger partial charge in [-0.05, 0) is 18.2 Å². The van der Waals surface area contributed by atoms with Crippen LogP contribution >= 0.6 is 35.6 Å². The molecule has 0 saturated carbocycles. The predicted molar refractivity (Wildman–Crippen MR) is 113 cm³/mol. The molecule has 6 nitrogen and oxygen atoms in total. The Morgan fingerprint density at radius 2 is 2.14 bits per heavy atom. The lowest BCUT2D eigenvalue weighted by molar-refractivity contribution is -0.137. The fourth-order valence-corrected chi connectivity index (χ4v) is 2.58. The number of halogens is 5. The van der Waals surface area contributed by atoms with Gasteiger partial charge in [-0.25, -0.2) is 4.98 Å². The van der Waals surface area contributed by atoms with Gasteiger partial charge in [-0.3, -0.25) is 4.99 Å². The number of aliphatic imine (C=N–C) groups is 1. The lowest BCUT2D eigenvalue weighted by Crippen LogP contribution is -2.40. The molecule has 2 heterocycles. The van der Waals surface area contributed by atoms with Crippen molar-refractivity contribution in [1.29, 1.82) is 0 Å². The molecule has 0 saturated heterocycles. The minimum atomic E-state index is -4.49. The zero-order chi connectivity index (χ0) is 20.0. The largest absolute Gasteiger partial charge is 0.475 e. The second-order valence-corrected chi connectivity index (χ2v) is 6.20. The number of hydrogen-bond donors (Lipinski definition) is 1. The van der Waals surface area contributed by atoms with Gasteiger partial charge in [0.25, 0.3) is 0 Å². The summed E-state index contributed by atoms with van der Waals surface area (Å²) >= 11 is 5.81. The second-order valence-electron chi connectivity index (χ2n) is 5.80. The van der Waals surface area contributed by atoms with Gasteiger partial charge in [0.15, 0.2) is 5.96 Å². The maximum atomic E-state index is 12.6. The fourth-order valence-electron chi connectivity index (χ4n) is 2.36. The third kappa shape index (κ3) is 6.73. The van der Waals surface area contributed by atoms with Gasteiger partial charge in [0.05, 0.1) is 18.7 Å². The number of ether oxygens (including phenoxy) is 1. The van der Waals surface area contributed by atoms with E-state index in [9.17, 15) is 13.2 Å². The molecular formula is C17H22ClF3IN5O. The number of hydrogen-bond acceptors (Lipinski definition) is 3. The van der Waals surface area contributed by atoms with E-state index in [1.165, 1.54) is 0 Å². The van der Waals surface area contributed by atoms with Crippen molar-refractivity contribution >= 4 is 41.5 Å². The summed E-state index contributed by atoms with van der Waals surface area (Å²) in [6.07, 6.45) is -1.83. The van der Waals surface area contributed by atoms with Crippen LogP contribution in [0.5, 0.6) is 5.88 Å². The molecule has 156 valence electrons. The Morgan fingerprint density at radius 3 is 2.68 bits per heavy atom. The molecule has 2 aromatic rings. The van der Waals surface area contributed by atoms with Crippen molar-refractivity contribution in [3.8, 4) is 5.88 Å². The van der Waals surface area contributed by atoms with E-state index < -0.39 is 11.7 Å². The first-order valence-corrected chi connectivity index (χ1v) is 8.47. The molecule has 0 spiro atoms. The average Bonchev–Trinajstić information content (AvgIpc) is 3.00. The molecule has 0 aliphatic carbocycles. The van der Waals surface area contributed by atoms with Gasteiger partial charge in [0.2, 0.25) is 5.88 Å². The van der Waals surface area contributed by atoms with Crippen LogP contribution in [0.2, 0.25) is 5.02 Å². The van der Waals surface area contributed by atoms with Crippen molar-refractivity contribution < 1.29 is 17.9 Å². The van der Waals surface area contributed by atoms with Crippen LogP contribution in [0.3, 0.4) is 0 Å². The molecule has 0 bridgehead atoms. The number of alkyl halides is 3. The molecule has 0 fully saturated rings. The van der Waals surface area contributed by atoms with Crippen LogP contribution in [0.15, 0.2) is 35.6 Å². The zero-order valence-electron chi connectivity index (χ0n) is 15.6. The second kappa shape index (κ2) is 10.7. The molecule has 2 aromatic heterocycles. The van der Waals surface area contributed by atoms with Gasteiger partial charge in [0, 0.05) is 39.2 Å². The fraction of sp³-hybridized carbons (Fsp3) is 0.412. The summed E-state index contributed by atoms with van der Waals surface area (Å²) in [6.45, 7) is 1.20. The van der Waals surface area contributed by atoms with Crippen LogP contribution in [0.4, 0.5) is 13.2 Å². The Balaban J connectivity index is 0.00000392. The number of guanidine groups is 1. The van der Waals surface area contributed by atoms with Crippen molar-refractivity contribution in [3.05, 3.63) is 46.9 Å². The van der Waals surface area contributed by atoms with Gasteiger partial charge >= 0.3 is 6.18 Å². The van der Waals surface area contributed by atoms with E-state index in [0.29, 0.717) is 25.2 Å². The number of aryl methyl sites for hydroxylation is 1. The van der Waals surface area contributed by atoms with Crippen LogP contribution in [0.1, 0.15) is 11.3 Å². The van der Waals surface area contributed by atoms with E-state index in [1.807, 2.05) is 41.9 Å². The summed E-state index contributed by atoms with van der Waals surface area (Å²) in [6, 6.07) is 4.78. The molecule has 28 heavy (non-hydrogen) atoms. The predicted octanol–water partition coefficient (Wildman–Crippen LogP) is 3.80. The van der Waals surface area contributed by atoms with Crippen LogP contribution in [-0.4, -0.2) is 47.7 Å². The van der Waals surface area contributed by atoms with Gasteiger partial charge in [0.1, 0.15) is 11.6 Å². The Morgan fingerprint density at radius 1 is 1.43 bits per heavy atom. The smallest absolute Gasteiger partial charge is 0.417 e. The monoisotopic (exact) mass is 531 g/mol. The van der Waals surface area contributed by atoms with Crippen LogP contribution < -0.4 is 10.1 Å². The molecule has 0 aromatic carbocycles. The number of pyridine rings is 1. The van der Waals surface area contributed by atoms with E-state index in [0.717, 1.165) is 11.8 Å². The summed E-state index contributed by atoms with van der Waals surface area (Å²) < 4.78 is 45.2. The van der Waals surface area contributed by atoms with Crippen molar-refractivity contribution in [3.63, 3.8) is 0 Å². The third-order valence-corrected chi connectivity index (χ3v) is 4.05. The maximum absolute atomic E-state index is 12.6. The third-order valence-electron chi connectivity index (χ3n) is 3.78. The van der Waals surface area contributed by atoms with E-state index in [4.69, 9.17) is 16.3 Å². The highest BCUT2D eigenvalue weighted by Gasteiger charge is 2.31. The topological polar surface area (TPSA) is 54.7 Å². The first-order chi connectivity index (χ1) is 12.7. The molecule has 11 heteroatoms. The van der Waals surface area contributed by atoms with Gasteiger partial charge in [-0.15, -0.1) is 24.0 Å². The molecule has 0 aliphatic rings. The number of rotatable bonds is 6. The maximum Gasteiger partial charge on any atom is 0.417 e. The normalized spacial score (nSPS) is 11.8. The first kappa shape index (κ1) is 24.3. The van der Waals surface area contributed by atoms with Gasteiger partial charge in [-0.1, -0.05) is 11.6 Å². The Kier molecular flexibility index (Phi) is 9.34. The van der Waals surface area contributed by atoms with Crippen molar-refractivity contribution in [2.75, 3.05) is 27.2 Å². The van der Waals surface area contributed by atoms with Gasteiger partial charge < -0.3 is 19.5 Å². The Bertz CT molecular complexity index is 797. The standard InChI is InChI=1S/C17H21ClF3N5O.HI/c1-22-16(26(3)11-13-5-4-7-25(13)2)23-6-8-27-15-14(18)9-12(10-24-15)17(19,20)21;/h4-5,7,9-10H,6,8,11H2,1-3H3,(H,22,23);1H. The number of aromatic nitrogens is 2. The summed E-state index contributed by atoms with van der Waals surface area (Å²) in [4.78, 5) is 9.77. The van der Waals surface area contributed by atoms with Crippen LogP contribution in [0, 0.1) is 0 Å². The summed E-state index contributed by atoms with van der Waals surface area (Å²) in [5.74, 6) is 0.616. The van der Waals surface area contributed by atoms with E-state index >= 15 is 0 Å². The highest BCUT2D eigenvalue weighted by atomic mass is 127. The molecule has 0 atom stereocenters. The number of nitrogens with zero attached hydrogens (tertiary/aromatic N) is 4. The molecule has 0 radical (unpaired) electrons. The lowest BCUT2D eigenvalue weighted by atomic mass is 10.3. The van der Waals surface area contributed by atoms with Crippen molar-refractivity contribution in [2.45, 2.75) is 12.7 Å². The minimum Gasteiger partial charge on any atom is -0.475 e.